The van der Waals surface area contributed by atoms with Crippen LogP contribution in [0.3, 0.4) is 0 Å². The van der Waals surface area contributed by atoms with Crippen molar-refractivity contribution in [1.29, 1.82) is 5.26 Å². The summed E-state index contributed by atoms with van der Waals surface area (Å²) >= 11 is 0. The summed E-state index contributed by atoms with van der Waals surface area (Å²) < 4.78 is 0. The van der Waals surface area contributed by atoms with Crippen molar-refractivity contribution in [3.8, 4) is 6.07 Å². The molecular formula is C12H11N3O3. The van der Waals surface area contributed by atoms with Gasteiger partial charge in [-0.1, -0.05) is 0 Å². The molecule has 2 N–H and O–H groups in total. The summed E-state index contributed by atoms with van der Waals surface area (Å²) in [4.78, 5) is 23.9. The van der Waals surface area contributed by atoms with Crippen LogP contribution in [0.1, 0.15) is 12.0 Å². The van der Waals surface area contributed by atoms with Crippen molar-refractivity contribution in [1.82, 2.24) is 0 Å². The number of nitrogens with one attached hydrogen (secondary N) is 1. The molecule has 0 unspecified atom stereocenters. The molecule has 0 aliphatic carbocycles. The summed E-state index contributed by atoms with van der Waals surface area (Å²) in [5.41, 5.74) is 1.53. The summed E-state index contributed by atoms with van der Waals surface area (Å²) in [7, 11) is 0. The first-order valence-electron chi connectivity index (χ1n) is 5.41. The van der Waals surface area contributed by atoms with Gasteiger partial charge in [0.2, 0.25) is 5.91 Å². The van der Waals surface area contributed by atoms with Gasteiger partial charge in [0, 0.05) is 13.0 Å². The van der Waals surface area contributed by atoms with Gasteiger partial charge in [0.15, 0.2) is 0 Å². The number of carboxylic acids is 1. The number of rotatable bonds is 2. The average molecular weight is 245 g/mol. The molecule has 0 fully saturated rings. The van der Waals surface area contributed by atoms with E-state index in [0.29, 0.717) is 23.5 Å². The standard InChI is InChI=1S/C12H11N3O3/c13-6-8-1-2-10-9(5-8)14-11(16)3-4-15(10)7-12(17)18/h1-2,5H,3-4,7H2,(H,14,16)(H,17,18). The van der Waals surface area contributed by atoms with Crippen molar-refractivity contribution in [2.24, 2.45) is 0 Å². The van der Waals surface area contributed by atoms with E-state index in [2.05, 4.69) is 5.32 Å². The largest absolute Gasteiger partial charge is 0.480 e. The van der Waals surface area contributed by atoms with E-state index in [9.17, 15) is 9.59 Å². The third-order valence-electron chi connectivity index (χ3n) is 2.68. The smallest absolute Gasteiger partial charge is 0.323 e. The van der Waals surface area contributed by atoms with Crippen LogP contribution in [0, 0.1) is 11.3 Å². The number of anilines is 2. The van der Waals surface area contributed by atoms with Crippen molar-refractivity contribution < 1.29 is 14.7 Å². The fraction of sp³-hybridized carbons (Fsp3) is 0.250. The Morgan fingerprint density at radius 2 is 2.33 bits per heavy atom. The molecule has 1 amide bonds. The lowest BCUT2D eigenvalue weighted by Crippen LogP contribution is -2.30. The van der Waals surface area contributed by atoms with Gasteiger partial charge in [0.25, 0.3) is 0 Å². The Bertz CT molecular complexity index is 548. The topological polar surface area (TPSA) is 93.4 Å². The van der Waals surface area contributed by atoms with Gasteiger partial charge in [-0.15, -0.1) is 0 Å². The molecular weight excluding hydrogens is 234 g/mol. The fourth-order valence-corrected chi connectivity index (χ4v) is 1.88. The number of nitrogens with zero attached hydrogens (tertiary/aromatic N) is 2. The molecule has 2 rings (SSSR count). The first-order chi connectivity index (χ1) is 8.60. The molecule has 6 heteroatoms. The Balaban J connectivity index is 2.42. The number of hydrogen-bond donors (Lipinski definition) is 2. The van der Waals surface area contributed by atoms with E-state index in [1.54, 1.807) is 23.1 Å². The van der Waals surface area contributed by atoms with Crippen LogP contribution in [0.5, 0.6) is 0 Å². The number of fused-ring (bicyclic) bond motifs is 1. The number of benzene rings is 1. The van der Waals surface area contributed by atoms with E-state index in [-0.39, 0.29) is 18.9 Å². The van der Waals surface area contributed by atoms with E-state index in [1.807, 2.05) is 6.07 Å². The van der Waals surface area contributed by atoms with E-state index >= 15 is 0 Å². The monoisotopic (exact) mass is 245 g/mol. The summed E-state index contributed by atoms with van der Waals surface area (Å²) in [5.74, 6) is -1.14. The predicted octanol–water partition coefficient (Wildman–Crippen LogP) is 0.791. The second-order valence-corrected chi connectivity index (χ2v) is 3.96. The van der Waals surface area contributed by atoms with Crippen molar-refractivity contribution in [2.45, 2.75) is 6.42 Å². The second kappa shape index (κ2) is 4.75. The van der Waals surface area contributed by atoms with Gasteiger partial charge in [-0.25, -0.2) is 0 Å². The number of amides is 1. The molecule has 1 heterocycles. The zero-order valence-corrected chi connectivity index (χ0v) is 9.51. The lowest BCUT2D eigenvalue weighted by atomic mass is 10.1. The van der Waals surface area contributed by atoms with Crippen LogP contribution in [-0.4, -0.2) is 30.1 Å². The average Bonchev–Trinajstić information content (AvgIpc) is 2.48. The van der Waals surface area contributed by atoms with Crippen molar-refractivity contribution >= 4 is 23.3 Å². The lowest BCUT2D eigenvalue weighted by molar-refractivity contribution is -0.135. The van der Waals surface area contributed by atoms with Crippen molar-refractivity contribution in [3.05, 3.63) is 23.8 Å². The highest BCUT2D eigenvalue weighted by Gasteiger charge is 2.20. The number of nitriles is 1. The Hall–Kier alpha value is -2.55. The van der Waals surface area contributed by atoms with Crippen LogP contribution in [0.2, 0.25) is 0 Å². The van der Waals surface area contributed by atoms with Gasteiger partial charge in [-0.05, 0) is 18.2 Å². The van der Waals surface area contributed by atoms with Crippen LogP contribution in [0.25, 0.3) is 0 Å². The lowest BCUT2D eigenvalue weighted by Gasteiger charge is -2.21. The maximum absolute atomic E-state index is 11.5. The summed E-state index contributed by atoms with van der Waals surface area (Å²) in [6.45, 7) is 0.172. The van der Waals surface area contributed by atoms with E-state index in [1.165, 1.54) is 0 Å². The van der Waals surface area contributed by atoms with Gasteiger partial charge in [0.1, 0.15) is 6.54 Å². The number of hydrogen-bond acceptors (Lipinski definition) is 4. The Kier molecular flexibility index (Phi) is 3.15. The predicted molar refractivity (Wildman–Crippen MR) is 64.3 cm³/mol. The fourth-order valence-electron chi connectivity index (χ4n) is 1.88. The summed E-state index contributed by atoms with van der Waals surface area (Å²) in [6, 6.07) is 6.79. The number of aliphatic carboxylic acids is 1. The zero-order valence-electron chi connectivity index (χ0n) is 9.51. The minimum Gasteiger partial charge on any atom is -0.480 e. The maximum Gasteiger partial charge on any atom is 0.323 e. The van der Waals surface area contributed by atoms with Crippen LogP contribution in [0.15, 0.2) is 18.2 Å². The minimum absolute atomic E-state index is 0.173. The molecule has 0 saturated heterocycles. The van der Waals surface area contributed by atoms with E-state index < -0.39 is 5.97 Å². The highest BCUT2D eigenvalue weighted by atomic mass is 16.4. The number of carbonyl (C=O) groups is 2. The third kappa shape index (κ3) is 2.40. The molecule has 1 aliphatic rings. The molecule has 0 aromatic heterocycles. The molecule has 0 spiro atoms. The molecule has 1 aromatic rings. The number of carbonyl (C=O) groups excluding carboxylic acids is 1. The second-order valence-electron chi connectivity index (χ2n) is 3.96. The van der Waals surface area contributed by atoms with Crippen LogP contribution in [-0.2, 0) is 9.59 Å². The van der Waals surface area contributed by atoms with Gasteiger partial charge in [0.05, 0.1) is 23.0 Å². The Labute approximate surface area is 103 Å². The molecule has 0 saturated carbocycles. The highest BCUT2D eigenvalue weighted by Crippen LogP contribution is 2.29. The SMILES string of the molecule is N#Cc1ccc2c(c1)NC(=O)CCN2CC(=O)O. The molecule has 0 radical (unpaired) electrons. The van der Waals surface area contributed by atoms with Crippen LogP contribution < -0.4 is 10.2 Å². The first-order valence-corrected chi connectivity index (χ1v) is 5.41. The van der Waals surface area contributed by atoms with Crippen LogP contribution in [0.4, 0.5) is 11.4 Å². The molecule has 18 heavy (non-hydrogen) atoms. The quantitative estimate of drug-likeness (QED) is 0.803. The molecule has 92 valence electrons. The molecule has 0 bridgehead atoms. The Morgan fingerprint density at radius 3 is 3.00 bits per heavy atom. The van der Waals surface area contributed by atoms with E-state index in [4.69, 9.17) is 10.4 Å². The highest BCUT2D eigenvalue weighted by molar-refractivity contribution is 5.97. The number of carboxylic acid groups (broad SMARTS) is 1. The molecule has 0 atom stereocenters. The van der Waals surface area contributed by atoms with Gasteiger partial charge < -0.3 is 15.3 Å². The zero-order chi connectivity index (χ0) is 13.1. The van der Waals surface area contributed by atoms with E-state index in [0.717, 1.165) is 0 Å². The third-order valence-corrected chi connectivity index (χ3v) is 2.68. The summed E-state index contributed by atoms with van der Waals surface area (Å²) in [5, 5.41) is 20.3. The van der Waals surface area contributed by atoms with Gasteiger partial charge >= 0.3 is 5.97 Å². The van der Waals surface area contributed by atoms with Gasteiger partial charge in [-0.3, -0.25) is 9.59 Å². The van der Waals surface area contributed by atoms with Crippen LogP contribution >= 0.6 is 0 Å². The minimum atomic E-state index is -0.959. The van der Waals surface area contributed by atoms with Crippen molar-refractivity contribution in [3.63, 3.8) is 0 Å². The normalized spacial score (nSPS) is 14.2. The molecule has 6 nitrogen and oxygen atoms in total. The molecule has 1 aliphatic heterocycles. The van der Waals surface area contributed by atoms with Crippen molar-refractivity contribution in [2.75, 3.05) is 23.3 Å². The maximum atomic E-state index is 11.5. The Morgan fingerprint density at radius 1 is 1.56 bits per heavy atom. The summed E-state index contributed by atoms with van der Waals surface area (Å²) in [6.07, 6.45) is 0.226. The van der Waals surface area contributed by atoms with Gasteiger partial charge in [-0.2, -0.15) is 5.26 Å². The molecule has 1 aromatic carbocycles. The first kappa shape index (κ1) is 11.9.